The van der Waals surface area contributed by atoms with Crippen molar-refractivity contribution in [2.24, 2.45) is 0 Å². The van der Waals surface area contributed by atoms with Crippen LogP contribution in [-0.4, -0.2) is 49.9 Å². The summed E-state index contributed by atoms with van der Waals surface area (Å²) < 4.78 is 39.3. The van der Waals surface area contributed by atoms with Crippen molar-refractivity contribution in [3.05, 3.63) is 29.3 Å². The smallest absolute Gasteiger partial charge is 0.410 e. The summed E-state index contributed by atoms with van der Waals surface area (Å²) in [6.45, 7) is 8.51. The van der Waals surface area contributed by atoms with Crippen LogP contribution in [0.2, 0.25) is 0 Å². The Morgan fingerprint density at radius 2 is 1.64 bits per heavy atom. The van der Waals surface area contributed by atoms with Gasteiger partial charge in [-0.3, -0.25) is 0 Å². The molecule has 0 N–H and O–H groups in total. The predicted octanol–water partition coefficient (Wildman–Crippen LogP) is 3.73. The van der Waals surface area contributed by atoms with Crippen LogP contribution in [0.3, 0.4) is 0 Å². The van der Waals surface area contributed by atoms with Crippen LogP contribution in [0.1, 0.15) is 39.4 Å². The van der Waals surface area contributed by atoms with Crippen LogP contribution >= 0.6 is 0 Å². The van der Waals surface area contributed by atoms with Crippen molar-refractivity contribution in [1.82, 2.24) is 4.90 Å². The lowest BCUT2D eigenvalue weighted by Gasteiger charge is -2.37. The second kappa shape index (κ2) is 7.56. The van der Waals surface area contributed by atoms with E-state index in [4.69, 9.17) is 9.47 Å². The summed E-state index contributed by atoms with van der Waals surface area (Å²) in [6, 6.07) is 2.60. The van der Waals surface area contributed by atoms with E-state index in [1.807, 2.05) is 0 Å². The van der Waals surface area contributed by atoms with Crippen molar-refractivity contribution in [2.45, 2.75) is 39.4 Å². The Bertz CT molecular complexity index is 600. The second-order valence-corrected chi connectivity index (χ2v) is 7.17. The fourth-order valence-corrected chi connectivity index (χ4v) is 2.70. The van der Waals surface area contributed by atoms with Gasteiger partial charge < -0.3 is 19.3 Å². The summed E-state index contributed by atoms with van der Waals surface area (Å²) in [6.07, 6.45) is -0.792. The van der Waals surface area contributed by atoms with Gasteiger partial charge in [0, 0.05) is 33.3 Å². The van der Waals surface area contributed by atoms with Gasteiger partial charge in [0.25, 0.3) is 0 Å². The molecule has 1 aromatic carbocycles. The van der Waals surface area contributed by atoms with Crippen LogP contribution in [0.25, 0.3) is 0 Å². The van der Waals surface area contributed by atoms with E-state index in [0.717, 1.165) is 0 Å². The standard InChI is InChI=1S/C18H26F2N2O3/c1-12(24-5)13-10-14(19)16(15(20)11-13)21-6-8-22(9-7-21)17(23)25-18(2,3)4/h10-12H,6-9H2,1-5H3. The van der Waals surface area contributed by atoms with Gasteiger partial charge in [0.05, 0.1) is 6.10 Å². The molecule has 1 unspecified atom stereocenters. The van der Waals surface area contributed by atoms with Gasteiger partial charge in [0.1, 0.15) is 22.9 Å². The normalized spacial score (nSPS) is 16.8. The number of hydrogen-bond acceptors (Lipinski definition) is 4. The largest absolute Gasteiger partial charge is 0.444 e. The molecule has 25 heavy (non-hydrogen) atoms. The average Bonchev–Trinajstić information content (AvgIpc) is 2.52. The van der Waals surface area contributed by atoms with E-state index >= 15 is 0 Å². The monoisotopic (exact) mass is 356 g/mol. The first-order valence-corrected chi connectivity index (χ1v) is 8.37. The van der Waals surface area contributed by atoms with Crippen LogP contribution in [0.5, 0.6) is 0 Å². The number of amides is 1. The zero-order valence-electron chi connectivity index (χ0n) is 15.4. The zero-order chi connectivity index (χ0) is 18.8. The molecule has 5 nitrogen and oxygen atoms in total. The molecule has 1 aliphatic heterocycles. The van der Waals surface area contributed by atoms with Crippen molar-refractivity contribution < 1.29 is 23.0 Å². The van der Waals surface area contributed by atoms with Crippen molar-refractivity contribution in [3.63, 3.8) is 0 Å². The number of halogens is 2. The van der Waals surface area contributed by atoms with E-state index < -0.39 is 23.3 Å². The Kier molecular flexibility index (Phi) is 5.87. The molecule has 0 spiro atoms. The molecule has 1 aromatic rings. The van der Waals surface area contributed by atoms with E-state index in [1.165, 1.54) is 19.2 Å². The highest BCUT2D eigenvalue weighted by Gasteiger charge is 2.28. The highest BCUT2D eigenvalue weighted by molar-refractivity contribution is 5.68. The average molecular weight is 356 g/mol. The fourth-order valence-electron chi connectivity index (χ4n) is 2.70. The van der Waals surface area contributed by atoms with E-state index in [2.05, 4.69) is 0 Å². The van der Waals surface area contributed by atoms with E-state index in [0.29, 0.717) is 31.7 Å². The van der Waals surface area contributed by atoms with Gasteiger partial charge in [-0.05, 0) is 45.4 Å². The molecule has 1 heterocycles. The topological polar surface area (TPSA) is 42.0 Å². The Morgan fingerprint density at radius 1 is 1.12 bits per heavy atom. The van der Waals surface area contributed by atoms with Gasteiger partial charge in [-0.2, -0.15) is 0 Å². The lowest BCUT2D eigenvalue weighted by molar-refractivity contribution is 0.0240. The zero-order valence-corrected chi connectivity index (χ0v) is 15.4. The molecule has 0 aliphatic carbocycles. The lowest BCUT2D eigenvalue weighted by Crippen LogP contribution is -2.50. The van der Waals surface area contributed by atoms with Crippen LogP contribution in [0, 0.1) is 11.6 Å². The third-order valence-corrected chi connectivity index (χ3v) is 4.11. The number of rotatable bonds is 3. The lowest BCUT2D eigenvalue weighted by atomic mass is 10.1. The molecule has 0 radical (unpaired) electrons. The first-order valence-electron chi connectivity index (χ1n) is 8.37. The molecule has 1 saturated heterocycles. The number of carbonyl (C=O) groups excluding carboxylic acids is 1. The van der Waals surface area contributed by atoms with Crippen LogP contribution in [0.4, 0.5) is 19.3 Å². The minimum absolute atomic E-state index is 0.0594. The highest BCUT2D eigenvalue weighted by atomic mass is 19.1. The van der Waals surface area contributed by atoms with Crippen molar-refractivity contribution in [2.75, 3.05) is 38.2 Å². The molecular formula is C18H26F2N2O3. The molecule has 140 valence electrons. The third kappa shape index (κ3) is 4.81. The Labute approximate surface area is 147 Å². The SMILES string of the molecule is COC(C)c1cc(F)c(N2CCN(C(=O)OC(C)(C)C)CC2)c(F)c1. The Morgan fingerprint density at radius 3 is 2.08 bits per heavy atom. The van der Waals surface area contributed by atoms with Crippen molar-refractivity contribution >= 4 is 11.8 Å². The summed E-state index contributed by atoms with van der Waals surface area (Å²) in [5, 5.41) is 0. The predicted molar refractivity (Wildman–Crippen MR) is 91.8 cm³/mol. The second-order valence-electron chi connectivity index (χ2n) is 7.17. The van der Waals surface area contributed by atoms with E-state index in [-0.39, 0.29) is 11.8 Å². The molecule has 0 bridgehead atoms. The van der Waals surface area contributed by atoms with Gasteiger partial charge in [-0.15, -0.1) is 0 Å². The van der Waals surface area contributed by atoms with Crippen molar-refractivity contribution in [1.29, 1.82) is 0 Å². The van der Waals surface area contributed by atoms with Crippen LogP contribution in [-0.2, 0) is 9.47 Å². The maximum atomic E-state index is 14.4. The van der Waals surface area contributed by atoms with Crippen molar-refractivity contribution in [3.8, 4) is 0 Å². The number of carbonyl (C=O) groups is 1. The molecule has 0 aromatic heterocycles. The molecular weight excluding hydrogens is 330 g/mol. The van der Waals surface area contributed by atoms with Gasteiger partial charge in [-0.1, -0.05) is 0 Å². The quantitative estimate of drug-likeness (QED) is 0.828. The van der Waals surface area contributed by atoms with E-state index in [9.17, 15) is 13.6 Å². The molecule has 7 heteroatoms. The van der Waals surface area contributed by atoms with Gasteiger partial charge in [0.15, 0.2) is 0 Å². The third-order valence-electron chi connectivity index (χ3n) is 4.11. The number of hydrogen-bond donors (Lipinski definition) is 0. The van der Waals surface area contributed by atoms with Gasteiger partial charge >= 0.3 is 6.09 Å². The van der Waals surface area contributed by atoms with Gasteiger partial charge in [0.2, 0.25) is 0 Å². The number of nitrogens with zero attached hydrogens (tertiary/aromatic N) is 2. The molecule has 1 atom stereocenters. The summed E-state index contributed by atoms with van der Waals surface area (Å²) in [4.78, 5) is 15.2. The minimum atomic E-state index is -0.621. The first-order chi connectivity index (χ1) is 11.6. The molecule has 0 saturated carbocycles. The van der Waals surface area contributed by atoms with Crippen LogP contribution in [0.15, 0.2) is 12.1 Å². The Hall–Kier alpha value is -1.89. The van der Waals surface area contributed by atoms with E-state index in [1.54, 1.807) is 37.5 Å². The summed E-state index contributed by atoms with van der Waals surface area (Å²) in [5.41, 5.74) is -0.176. The molecule has 1 amide bonds. The van der Waals surface area contributed by atoms with Gasteiger partial charge in [-0.25, -0.2) is 13.6 Å². The maximum absolute atomic E-state index is 14.4. The summed E-state index contributed by atoms with van der Waals surface area (Å²) >= 11 is 0. The van der Waals surface area contributed by atoms with Crippen LogP contribution < -0.4 is 4.90 Å². The number of piperazine rings is 1. The fraction of sp³-hybridized carbons (Fsp3) is 0.611. The Balaban J connectivity index is 2.07. The molecule has 1 fully saturated rings. The summed E-state index contributed by atoms with van der Waals surface area (Å²) in [7, 11) is 1.49. The number of methoxy groups -OCH3 is 1. The maximum Gasteiger partial charge on any atom is 0.410 e. The number of benzene rings is 1. The number of anilines is 1. The summed E-state index contributed by atoms with van der Waals surface area (Å²) in [5.74, 6) is -1.24. The molecule has 2 rings (SSSR count). The first kappa shape index (κ1) is 19.4. The minimum Gasteiger partial charge on any atom is -0.444 e. The molecule has 1 aliphatic rings. The number of ether oxygens (including phenoxy) is 2. The highest BCUT2D eigenvalue weighted by Crippen LogP contribution is 2.29.